The molecule has 6 nitrogen and oxygen atoms in total. The first-order valence-electron chi connectivity index (χ1n) is 9.34. The highest BCUT2D eigenvalue weighted by molar-refractivity contribution is 9.10. The van der Waals surface area contributed by atoms with E-state index in [9.17, 15) is 9.59 Å². The molecule has 31 heavy (non-hydrogen) atoms. The minimum atomic E-state index is -0.555. The largest absolute Gasteiger partial charge is 0.493 e. The molecule has 0 aliphatic carbocycles. The van der Waals surface area contributed by atoms with Crippen molar-refractivity contribution in [2.75, 3.05) is 19.1 Å². The van der Waals surface area contributed by atoms with Crippen LogP contribution in [0.3, 0.4) is 0 Å². The zero-order valence-electron chi connectivity index (χ0n) is 17.3. The number of ether oxygens (including phenoxy) is 2. The van der Waals surface area contributed by atoms with Crippen LogP contribution in [0.2, 0.25) is 0 Å². The van der Waals surface area contributed by atoms with E-state index in [-0.39, 0.29) is 10.7 Å². The highest BCUT2D eigenvalue weighted by Crippen LogP contribution is 2.34. The normalized spacial score (nSPS) is 15.2. The van der Waals surface area contributed by atoms with Crippen molar-refractivity contribution in [2.45, 2.75) is 13.3 Å². The van der Waals surface area contributed by atoms with Crippen molar-refractivity contribution in [3.8, 4) is 11.5 Å². The summed E-state index contributed by atoms with van der Waals surface area (Å²) >= 11 is 8.70. The number of methoxy groups -OCH3 is 2. The molecule has 8 heteroatoms. The van der Waals surface area contributed by atoms with Gasteiger partial charge in [0.25, 0.3) is 11.8 Å². The summed E-state index contributed by atoms with van der Waals surface area (Å²) in [6.07, 6.45) is 3.79. The van der Waals surface area contributed by atoms with E-state index in [1.54, 1.807) is 25.3 Å². The Bertz CT molecular complexity index is 1130. The number of thiocarbonyl (C=S) groups is 1. The lowest BCUT2D eigenvalue weighted by Crippen LogP contribution is -2.54. The average Bonchev–Trinajstić information content (AvgIpc) is 2.72. The second-order valence-corrected chi connectivity index (χ2v) is 8.10. The fourth-order valence-electron chi connectivity index (χ4n) is 3.37. The molecule has 1 aliphatic heterocycles. The molecule has 0 saturated carbocycles. The van der Waals surface area contributed by atoms with Crippen molar-refractivity contribution >= 4 is 56.8 Å². The Balaban J connectivity index is 2.10. The van der Waals surface area contributed by atoms with Gasteiger partial charge < -0.3 is 9.47 Å². The number of amides is 2. The summed E-state index contributed by atoms with van der Waals surface area (Å²) in [5, 5.41) is 2.65. The Morgan fingerprint density at radius 3 is 2.55 bits per heavy atom. The molecule has 160 valence electrons. The molecule has 0 spiro atoms. The number of hydrogen-bond acceptors (Lipinski definition) is 5. The van der Waals surface area contributed by atoms with Crippen molar-refractivity contribution in [2.24, 2.45) is 0 Å². The number of carbonyl (C=O) groups is 2. The Kier molecular flexibility index (Phi) is 6.92. The van der Waals surface area contributed by atoms with E-state index < -0.39 is 11.8 Å². The second-order valence-electron chi connectivity index (χ2n) is 6.80. The Labute approximate surface area is 194 Å². The number of hydrogen-bond donors (Lipinski definition) is 1. The van der Waals surface area contributed by atoms with Gasteiger partial charge in [0.15, 0.2) is 16.6 Å². The van der Waals surface area contributed by atoms with Crippen molar-refractivity contribution in [1.82, 2.24) is 5.32 Å². The summed E-state index contributed by atoms with van der Waals surface area (Å²) in [4.78, 5) is 27.3. The molecule has 1 N–H and O–H groups in total. The molecule has 0 atom stereocenters. The summed E-state index contributed by atoms with van der Waals surface area (Å²) in [6.45, 7) is 5.63. The zero-order valence-corrected chi connectivity index (χ0v) is 19.7. The maximum atomic E-state index is 13.3. The first kappa shape index (κ1) is 22.7. The number of allylic oxidation sites excluding steroid dienone is 1. The third kappa shape index (κ3) is 4.55. The van der Waals surface area contributed by atoms with Crippen LogP contribution >= 0.6 is 28.1 Å². The molecule has 0 radical (unpaired) electrons. The van der Waals surface area contributed by atoms with E-state index in [4.69, 9.17) is 21.7 Å². The van der Waals surface area contributed by atoms with Gasteiger partial charge in [0.1, 0.15) is 5.57 Å². The Morgan fingerprint density at radius 2 is 1.94 bits per heavy atom. The second kappa shape index (κ2) is 9.45. The summed E-state index contributed by atoms with van der Waals surface area (Å²) in [5.74, 6) is 0.0195. The Morgan fingerprint density at radius 1 is 1.19 bits per heavy atom. The third-order valence-electron chi connectivity index (χ3n) is 4.75. The van der Waals surface area contributed by atoms with Crippen LogP contribution in [0.1, 0.15) is 16.7 Å². The highest BCUT2D eigenvalue weighted by atomic mass is 79.9. The number of rotatable bonds is 6. The van der Waals surface area contributed by atoms with Crippen LogP contribution < -0.4 is 19.7 Å². The van der Waals surface area contributed by atoms with Gasteiger partial charge >= 0.3 is 0 Å². The van der Waals surface area contributed by atoms with Crippen LogP contribution in [-0.2, 0) is 16.0 Å². The molecule has 3 rings (SSSR count). The van der Waals surface area contributed by atoms with E-state index in [1.807, 2.05) is 25.1 Å². The first-order chi connectivity index (χ1) is 14.8. The number of anilines is 1. The fraction of sp³-hybridized carbons (Fsp3) is 0.174. The fourth-order valence-corrected chi connectivity index (χ4v) is 4.12. The van der Waals surface area contributed by atoms with Crippen LogP contribution in [0, 0.1) is 6.92 Å². The summed E-state index contributed by atoms with van der Waals surface area (Å²) < 4.78 is 11.8. The summed E-state index contributed by atoms with van der Waals surface area (Å²) in [7, 11) is 3.08. The van der Waals surface area contributed by atoms with E-state index in [0.29, 0.717) is 29.2 Å². The van der Waals surface area contributed by atoms with Gasteiger partial charge in [-0.1, -0.05) is 22.0 Å². The standard InChI is InChI=1S/C23H21BrN2O4S/c1-5-6-15-10-14(12-19(29-3)20(15)30-4)11-17-21(27)25-23(31)26(22(17)28)18-8-7-16(24)9-13(18)2/h5,7-12H,1,6H2,2-4H3,(H,25,27,31)/b17-11+. The summed E-state index contributed by atoms with van der Waals surface area (Å²) in [5.41, 5.74) is 2.84. The van der Waals surface area contributed by atoms with Crippen LogP contribution in [-0.4, -0.2) is 31.1 Å². The van der Waals surface area contributed by atoms with E-state index in [1.165, 1.54) is 18.1 Å². The number of halogens is 1. The highest BCUT2D eigenvalue weighted by Gasteiger charge is 2.35. The predicted octanol–water partition coefficient (Wildman–Crippen LogP) is 4.33. The van der Waals surface area contributed by atoms with Gasteiger partial charge in [-0.05, 0) is 73.1 Å². The van der Waals surface area contributed by atoms with Crippen molar-refractivity contribution in [3.05, 3.63) is 69.7 Å². The summed E-state index contributed by atoms with van der Waals surface area (Å²) in [6, 6.07) is 9.01. The maximum absolute atomic E-state index is 13.3. The van der Waals surface area contributed by atoms with Crippen LogP contribution in [0.4, 0.5) is 5.69 Å². The molecule has 1 saturated heterocycles. The molecular weight excluding hydrogens is 480 g/mol. The zero-order chi connectivity index (χ0) is 22.7. The first-order valence-corrected chi connectivity index (χ1v) is 10.5. The smallest absolute Gasteiger partial charge is 0.270 e. The number of aryl methyl sites for hydroxylation is 1. The minimum absolute atomic E-state index is 0.0345. The number of benzene rings is 2. The molecule has 0 bridgehead atoms. The van der Waals surface area contributed by atoms with Crippen LogP contribution in [0.25, 0.3) is 6.08 Å². The third-order valence-corrected chi connectivity index (χ3v) is 5.53. The molecule has 2 amide bonds. The molecule has 1 fully saturated rings. The van der Waals surface area contributed by atoms with Gasteiger partial charge in [-0.25, -0.2) is 0 Å². The molecule has 0 aromatic heterocycles. The molecule has 1 heterocycles. The predicted molar refractivity (Wildman–Crippen MR) is 129 cm³/mol. The van der Waals surface area contributed by atoms with Gasteiger partial charge in [0.05, 0.1) is 19.9 Å². The van der Waals surface area contributed by atoms with E-state index in [0.717, 1.165) is 15.6 Å². The van der Waals surface area contributed by atoms with Crippen molar-refractivity contribution < 1.29 is 19.1 Å². The minimum Gasteiger partial charge on any atom is -0.493 e. The number of nitrogens with zero attached hydrogens (tertiary/aromatic N) is 1. The molecule has 0 unspecified atom stereocenters. The number of nitrogens with one attached hydrogen (secondary N) is 1. The van der Waals surface area contributed by atoms with Crippen molar-refractivity contribution in [1.29, 1.82) is 0 Å². The van der Waals surface area contributed by atoms with E-state index in [2.05, 4.69) is 27.8 Å². The molecular formula is C23H21BrN2O4S. The van der Waals surface area contributed by atoms with Gasteiger partial charge in [-0.15, -0.1) is 6.58 Å². The molecule has 2 aromatic rings. The van der Waals surface area contributed by atoms with Crippen molar-refractivity contribution in [3.63, 3.8) is 0 Å². The molecule has 2 aromatic carbocycles. The topological polar surface area (TPSA) is 67.9 Å². The van der Waals surface area contributed by atoms with Gasteiger partial charge in [0.2, 0.25) is 0 Å². The molecule has 1 aliphatic rings. The van der Waals surface area contributed by atoms with Crippen LogP contribution in [0.15, 0.2) is 53.0 Å². The Hall–Kier alpha value is -2.97. The van der Waals surface area contributed by atoms with Crippen LogP contribution in [0.5, 0.6) is 11.5 Å². The van der Waals surface area contributed by atoms with Gasteiger partial charge in [-0.2, -0.15) is 0 Å². The lowest BCUT2D eigenvalue weighted by atomic mass is 10.0. The SMILES string of the molecule is C=CCc1cc(/C=C2\C(=O)NC(=S)N(c3ccc(Br)cc3C)C2=O)cc(OC)c1OC. The maximum Gasteiger partial charge on any atom is 0.270 e. The van der Waals surface area contributed by atoms with Gasteiger partial charge in [0, 0.05) is 10.0 Å². The quantitative estimate of drug-likeness (QED) is 0.276. The van der Waals surface area contributed by atoms with Gasteiger partial charge in [-0.3, -0.25) is 19.8 Å². The monoisotopic (exact) mass is 500 g/mol. The lowest BCUT2D eigenvalue weighted by Gasteiger charge is -2.30. The number of carbonyl (C=O) groups excluding carboxylic acids is 2. The van der Waals surface area contributed by atoms with E-state index >= 15 is 0 Å². The average molecular weight is 501 g/mol. The lowest BCUT2D eigenvalue weighted by molar-refractivity contribution is -0.122.